The fraction of sp³-hybridized carbons (Fsp3) is 0.600. The van der Waals surface area contributed by atoms with E-state index >= 15 is 0 Å². The van der Waals surface area contributed by atoms with Crippen molar-refractivity contribution in [3.05, 3.63) is 23.8 Å². The molecule has 1 rings (SSSR count). The Labute approximate surface area is 103 Å². The number of aryl methyl sites for hydroxylation is 1. The number of rotatable bonds is 4. The lowest BCUT2D eigenvalue weighted by Gasteiger charge is -2.27. The van der Waals surface area contributed by atoms with Gasteiger partial charge in [-0.05, 0) is 12.5 Å². The van der Waals surface area contributed by atoms with E-state index in [0.29, 0.717) is 12.5 Å². The molecule has 0 aromatic carbocycles. The van der Waals surface area contributed by atoms with Gasteiger partial charge in [0.15, 0.2) is 0 Å². The monoisotopic (exact) mass is 290 g/mol. The molecule has 1 heterocycles. The highest BCUT2D eigenvalue weighted by Gasteiger charge is 2.74. The third-order valence-electron chi connectivity index (χ3n) is 2.25. The molecule has 0 bridgehead atoms. The predicted octanol–water partition coefficient (Wildman–Crippen LogP) is 3.72. The van der Waals surface area contributed by atoms with Crippen LogP contribution >= 0.6 is 0 Å². The van der Waals surface area contributed by atoms with Crippen LogP contribution in [0.25, 0.3) is 0 Å². The average molecular weight is 290 g/mol. The van der Waals surface area contributed by atoms with Crippen LogP contribution in [0.1, 0.15) is 24.9 Å². The maximum Gasteiger partial charge on any atom is 0.460 e. The second-order valence-electron chi connectivity index (χ2n) is 3.75. The fourth-order valence-corrected chi connectivity index (χ4v) is 1.26. The van der Waals surface area contributed by atoms with Gasteiger partial charge < -0.3 is 0 Å². The Bertz CT molecular complexity index is 442. The summed E-state index contributed by atoms with van der Waals surface area (Å²) in [6, 6.07) is 0.346. The number of hydrogen-bond donors (Lipinski definition) is 0. The van der Waals surface area contributed by atoms with Gasteiger partial charge in [-0.2, -0.15) is 30.7 Å². The standard InChI is InChI=1S/C10H9F7N2/c1-2-3-7-18-5-4-6(19-7)8(11,12)9(13,14)10(15,16)17/h4-5H,2-3H2,1H3. The molecule has 0 saturated carbocycles. The summed E-state index contributed by atoms with van der Waals surface area (Å²) in [7, 11) is 0. The molecule has 1 aromatic heterocycles. The summed E-state index contributed by atoms with van der Waals surface area (Å²) in [5, 5.41) is 0. The van der Waals surface area contributed by atoms with Gasteiger partial charge in [0.25, 0.3) is 0 Å². The third-order valence-corrected chi connectivity index (χ3v) is 2.25. The van der Waals surface area contributed by atoms with E-state index in [9.17, 15) is 30.7 Å². The van der Waals surface area contributed by atoms with E-state index in [1.165, 1.54) is 0 Å². The Kier molecular flexibility index (Phi) is 4.06. The van der Waals surface area contributed by atoms with Crippen LogP contribution in [0.3, 0.4) is 0 Å². The van der Waals surface area contributed by atoms with E-state index in [2.05, 4.69) is 9.97 Å². The van der Waals surface area contributed by atoms with Crippen LogP contribution in [0.2, 0.25) is 0 Å². The van der Waals surface area contributed by atoms with Crippen molar-refractivity contribution >= 4 is 0 Å². The molecule has 108 valence electrons. The molecule has 0 aliphatic heterocycles. The second-order valence-corrected chi connectivity index (χ2v) is 3.75. The van der Waals surface area contributed by atoms with Crippen molar-refractivity contribution in [2.45, 2.75) is 37.8 Å². The van der Waals surface area contributed by atoms with Gasteiger partial charge in [-0.1, -0.05) is 6.92 Å². The summed E-state index contributed by atoms with van der Waals surface area (Å²) in [5.41, 5.74) is -1.65. The highest BCUT2D eigenvalue weighted by molar-refractivity contribution is 5.14. The molecule has 1 aromatic rings. The number of halogens is 7. The molecule has 0 aliphatic carbocycles. The third kappa shape index (κ3) is 2.79. The zero-order valence-corrected chi connectivity index (χ0v) is 9.61. The molecule has 0 amide bonds. The Balaban J connectivity index is 3.23. The van der Waals surface area contributed by atoms with E-state index in [1.807, 2.05) is 0 Å². The molecule has 0 N–H and O–H groups in total. The van der Waals surface area contributed by atoms with Crippen molar-refractivity contribution in [1.29, 1.82) is 0 Å². The zero-order valence-electron chi connectivity index (χ0n) is 9.61. The maximum atomic E-state index is 13.3. The molecule has 19 heavy (non-hydrogen) atoms. The Hall–Kier alpha value is -1.41. The van der Waals surface area contributed by atoms with Gasteiger partial charge in [0.1, 0.15) is 11.5 Å². The smallest absolute Gasteiger partial charge is 0.241 e. The first-order chi connectivity index (χ1) is 8.54. The summed E-state index contributed by atoms with van der Waals surface area (Å²) >= 11 is 0. The first-order valence-electron chi connectivity index (χ1n) is 5.18. The number of nitrogens with zero attached hydrogens (tertiary/aromatic N) is 2. The van der Waals surface area contributed by atoms with Crippen LogP contribution in [0.5, 0.6) is 0 Å². The van der Waals surface area contributed by atoms with Crippen molar-refractivity contribution in [2.75, 3.05) is 0 Å². The van der Waals surface area contributed by atoms with Crippen LogP contribution in [0.15, 0.2) is 12.3 Å². The minimum atomic E-state index is -6.37. The van der Waals surface area contributed by atoms with E-state index in [0.717, 1.165) is 6.20 Å². The van der Waals surface area contributed by atoms with E-state index in [4.69, 9.17) is 0 Å². The highest BCUT2D eigenvalue weighted by Crippen LogP contribution is 2.51. The molecular formula is C10H9F7N2. The van der Waals surface area contributed by atoms with Crippen molar-refractivity contribution < 1.29 is 30.7 Å². The minimum Gasteiger partial charge on any atom is -0.241 e. The Morgan fingerprint density at radius 1 is 1.05 bits per heavy atom. The van der Waals surface area contributed by atoms with Gasteiger partial charge in [0, 0.05) is 12.6 Å². The molecule has 0 spiro atoms. The molecule has 0 radical (unpaired) electrons. The topological polar surface area (TPSA) is 25.8 Å². The largest absolute Gasteiger partial charge is 0.460 e. The maximum absolute atomic E-state index is 13.3. The summed E-state index contributed by atoms with van der Waals surface area (Å²) in [5.74, 6) is -11.9. The molecule has 0 aliphatic rings. The molecule has 2 nitrogen and oxygen atoms in total. The van der Waals surface area contributed by atoms with Crippen LogP contribution < -0.4 is 0 Å². The highest BCUT2D eigenvalue weighted by atomic mass is 19.4. The van der Waals surface area contributed by atoms with Crippen LogP contribution in [-0.4, -0.2) is 22.1 Å². The molecule has 9 heteroatoms. The Morgan fingerprint density at radius 3 is 2.11 bits per heavy atom. The van der Waals surface area contributed by atoms with E-state index < -0.39 is 23.7 Å². The van der Waals surface area contributed by atoms with Crippen LogP contribution in [0, 0.1) is 0 Å². The Morgan fingerprint density at radius 2 is 1.63 bits per heavy atom. The van der Waals surface area contributed by atoms with Crippen LogP contribution in [0.4, 0.5) is 30.7 Å². The van der Waals surface area contributed by atoms with Crippen molar-refractivity contribution in [2.24, 2.45) is 0 Å². The first-order valence-corrected chi connectivity index (χ1v) is 5.18. The number of aromatic nitrogens is 2. The van der Waals surface area contributed by atoms with Gasteiger partial charge in [0.2, 0.25) is 0 Å². The SMILES string of the molecule is CCCc1nccc(C(F)(F)C(F)(F)C(F)(F)F)n1. The number of hydrogen-bond acceptors (Lipinski definition) is 2. The summed E-state index contributed by atoms with van der Waals surface area (Å²) in [4.78, 5) is 6.59. The molecule has 0 atom stereocenters. The molecule has 0 saturated heterocycles. The number of alkyl halides is 7. The van der Waals surface area contributed by atoms with Crippen molar-refractivity contribution in [3.63, 3.8) is 0 Å². The van der Waals surface area contributed by atoms with Gasteiger partial charge in [-0.25, -0.2) is 9.97 Å². The second kappa shape index (κ2) is 4.93. The van der Waals surface area contributed by atoms with Crippen molar-refractivity contribution in [3.8, 4) is 0 Å². The van der Waals surface area contributed by atoms with E-state index in [1.54, 1.807) is 6.92 Å². The van der Waals surface area contributed by atoms with Gasteiger partial charge >= 0.3 is 18.0 Å². The van der Waals surface area contributed by atoms with Gasteiger partial charge in [-0.15, -0.1) is 0 Å². The molecule has 0 unspecified atom stereocenters. The van der Waals surface area contributed by atoms with Crippen LogP contribution in [-0.2, 0) is 12.3 Å². The normalized spacial score (nSPS) is 13.7. The molecule has 0 fully saturated rings. The minimum absolute atomic E-state index is 0.0987. The lowest BCUT2D eigenvalue weighted by Crippen LogP contribution is -2.50. The van der Waals surface area contributed by atoms with E-state index in [-0.39, 0.29) is 12.2 Å². The lowest BCUT2D eigenvalue weighted by molar-refractivity contribution is -0.360. The average Bonchev–Trinajstić information content (AvgIpc) is 2.28. The predicted molar refractivity (Wildman–Crippen MR) is 50.9 cm³/mol. The molecular weight excluding hydrogens is 281 g/mol. The fourth-order valence-electron chi connectivity index (χ4n) is 1.26. The lowest BCUT2D eigenvalue weighted by atomic mass is 10.1. The quantitative estimate of drug-likeness (QED) is 0.790. The van der Waals surface area contributed by atoms with Gasteiger partial charge in [-0.3, -0.25) is 0 Å². The summed E-state index contributed by atoms with van der Waals surface area (Å²) in [6.07, 6.45) is -5.10. The summed E-state index contributed by atoms with van der Waals surface area (Å²) in [6.45, 7) is 1.65. The van der Waals surface area contributed by atoms with Crippen molar-refractivity contribution in [1.82, 2.24) is 9.97 Å². The van der Waals surface area contributed by atoms with Gasteiger partial charge in [0.05, 0.1) is 0 Å². The zero-order chi connectivity index (χ0) is 14.9. The first kappa shape index (κ1) is 15.6. The summed E-state index contributed by atoms with van der Waals surface area (Å²) < 4.78 is 88.1.